The second-order valence-electron chi connectivity index (χ2n) is 11.5. The van der Waals surface area contributed by atoms with Crippen molar-refractivity contribution in [2.45, 2.75) is 85.5 Å². The van der Waals surface area contributed by atoms with Gasteiger partial charge in [0.25, 0.3) is 0 Å². The van der Waals surface area contributed by atoms with Gasteiger partial charge in [-0.15, -0.1) is 0 Å². The standard InChI is InChI=1S/C27H37N/c1-16(2)19-12-17(25(3,4)5)13-20-21-14-18(26(6,7)8)15-22(27(9,10)11)24(21)28-23(19)20/h12-15,28H,1H2,2-11H3. The molecule has 0 aliphatic carbocycles. The molecule has 1 N–H and O–H groups in total. The van der Waals surface area contributed by atoms with Crippen LogP contribution >= 0.6 is 0 Å². The zero-order valence-corrected chi connectivity index (χ0v) is 19.5. The van der Waals surface area contributed by atoms with Crippen molar-refractivity contribution >= 4 is 27.4 Å². The minimum absolute atomic E-state index is 0.0661. The first-order valence-electron chi connectivity index (χ1n) is 10.4. The number of H-pyrrole nitrogens is 1. The van der Waals surface area contributed by atoms with E-state index in [-0.39, 0.29) is 16.2 Å². The number of rotatable bonds is 1. The Morgan fingerprint density at radius 1 is 0.679 bits per heavy atom. The molecule has 0 amide bonds. The highest BCUT2D eigenvalue weighted by Crippen LogP contribution is 2.41. The fraction of sp³-hybridized carbons (Fsp3) is 0.481. The monoisotopic (exact) mass is 375 g/mol. The van der Waals surface area contributed by atoms with Crippen LogP contribution in [-0.2, 0) is 16.2 Å². The molecule has 0 saturated heterocycles. The lowest BCUT2D eigenvalue weighted by Crippen LogP contribution is -2.16. The second-order valence-corrected chi connectivity index (χ2v) is 11.5. The van der Waals surface area contributed by atoms with E-state index in [1.54, 1.807) is 0 Å². The molecule has 0 aliphatic rings. The smallest absolute Gasteiger partial charge is 0.0541 e. The number of aromatic amines is 1. The summed E-state index contributed by atoms with van der Waals surface area (Å²) in [6.45, 7) is 27.1. The van der Waals surface area contributed by atoms with Crippen molar-refractivity contribution in [1.82, 2.24) is 4.98 Å². The molecule has 0 unspecified atom stereocenters. The molecule has 0 radical (unpaired) electrons. The zero-order chi connectivity index (χ0) is 21.2. The summed E-state index contributed by atoms with van der Waals surface area (Å²) < 4.78 is 0. The molecule has 3 rings (SSSR count). The van der Waals surface area contributed by atoms with Crippen LogP contribution in [0.3, 0.4) is 0 Å². The maximum atomic E-state index is 4.28. The summed E-state index contributed by atoms with van der Waals surface area (Å²) in [7, 11) is 0. The summed E-state index contributed by atoms with van der Waals surface area (Å²) in [6, 6.07) is 9.52. The van der Waals surface area contributed by atoms with Crippen LogP contribution in [0.4, 0.5) is 0 Å². The first kappa shape index (κ1) is 20.7. The molecule has 3 aromatic rings. The molecule has 0 spiro atoms. The maximum Gasteiger partial charge on any atom is 0.0541 e. The molecule has 28 heavy (non-hydrogen) atoms. The third-order valence-electron chi connectivity index (χ3n) is 5.82. The van der Waals surface area contributed by atoms with E-state index in [4.69, 9.17) is 0 Å². The van der Waals surface area contributed by atoms with E-state index in [0.29, 0.717) is 0 Å². The number of benzene rings is 2. The predicted molar refractivity (Wildman–Crippen MR) is 127 cm³/mol. The van der Waals surface area contributed by atoms with Gasteiger partial charge in [-0.05, 0) is 63.6 Å². The van der Waals surface area contributed by atoms with Gasteiger partial charge in [0.1, 0.15) is 0 Å². The van der Waals surface area contributed by atoms with Crippen molar-refractivity contribution < 1.29 is 0 Å². The quantitative estimate of drug-likeness (QED) is 0.440. The average Bonchev–Trinajstić information content (AvgIpc) is 2.88. The first-order valence-corrected chi connectivity index (χ1v) is 10.4. The van der Waals surface area contributed by atoms with Crippen molar-refractivity contribution in [3.05, 3.63) is 53.1 Å². The fourth-order valence-electron chi connectivity index (χ4n) is 3.90. The largest absolute Gasteiger partial charge is 0.354 e. The fourth-order valence-corrected chi connectivity index (χ4v) is 3.90. The molecule has 150 valence electrons. The van der Waals surface area contributed by atoms with E-state index in [1.807, 2.05) is 0 Å². The van der Waals surface area contributed by atoms with Gasteiger partial charge in [0.05, 0.1) is 11.0 Å². The predicted octanol–water partition coefficient (Wildman–Crippen LogP) is 8.25. The number of allylic oxidation sites excluding steroid dienone is 1. The number of fused-ring (bicyclic) bond motifs is 3. The van der Waals surface area contributed by atoms with Crippen molar-refractivity contribution in [1.29, 1.82) is 0 Å². The van der Waals surface area contributed by atoms with Crippen LogP contribution in [0.1, 0.15) is 91.5 Å². The highest BCUT2D eigenvalue weighted by Gasteiger charge is 2.25. The van der Waals surface area contributed by atoms with Gasteiger partial charge >= 0.3 is 0 Å². The summed E-state index contributed by atoms with van der Waals surface area (Å²) in [5.74, 6) is 0. The summed E-state index contributed by atoms with van der Waals surface area (Å²) >= 11 is 0. The topological polar surface area (TPSA) is 15.8 Å². The first-order chi connectivity index (χ1) is 12.6. The molecule has 2 aromatic carbocycles. The van der Waals surface area contributed by atoms with E-state index < -0.39 is 0 Å². The molecule has 0 aliphatic heterocycles. The molecule has 0 fully saturated rings. The zero-order valence-electron chi connectivity index (χ0n) is 19.5. The Labute approximate surface area is 171 Å². The van der Waals surface area contributed by atoms with Crippen molar-refractivity contribution in [3.8, 4) is 0 Å². The van der Waals surface area contributed by atoms with Crippen molar-refractivity contribution in [2.24, 2.45) is 0 Å². The lowest BCUT2D eigenvalue weighted by atomic mass is 9.79. The Bertz CT molecular complexity index is 1070. The Balaban J connectivity index is 2.57. The van der Waals surface area contributed by atoms with Crippen molar-refractivity contribution in [2.75, 3.05) is 0 Å². The van der Waals surface area contributed by atoms with Gasteiger partial charge in [0.2, 0.25) is 0 Å². The Kier molecular flexibility index (Phi) is 4.61. The highest BCUT2D eigenvalue weighted by atomic mass is 14.7. The van der Waals surface area contributed by atoms with Crippen LogP contribution in [0.5, 0.6) is 0 Å². The number of nitrogens with one attached hydrogen (secondary N) is 1. The van der Waals surface area contributed by atoms with Gasteiger partial charge < -0.3 is 4.98 Å². The van der Waals surface area contributed by atoms with Crippen LogP contribution in [0.15, 0.2) is 30.8 Å². The third-order valence-corrected chi connectivity index (χ3v) is 5.82. The summed E-state index contributed by atoms with van der Waals surface area (Å²) in [5, 5.41) is 2.65. The minimum atomic E-state index is 0.0661. The normalized spacial score (nSPS) is 13.5. The Morgan fingerprint density at radius 3 is 1.57 bits per heavy atom. The van der Waals surface area contributed by atoms with Gasteiger partial charge in [0.15, 0.2) is 0 Å². The van der Waals surface area contributed by atoms with Crippen LogP contribution in [0.25, 0.3) is 27.4 Å². The molecule has 0 saturated carbocycles. The molecule has 1 heteroatoms. The van der Waals surface area contributed by atoms with E-state index >= 15 is 0 Å². The van der Waals surface area contributed by atoms with Crippen LogP contribution in [-0.4, -0.2) is 4.98 Å². The number of aromatic nitrogens is 1. The molecule has 1 nitrogen and oxygen atoms in total. The molecular weight excluding hydrogens is 338 g/mol. The number of hydrogen-bond acceptors (Lipinski definition) is 0. The van der Waals surface area contributed by atoms with Crippen molar-refractivity contribution in [3.63, 3.8) is 0 Å². The van der Waals surface area contributed by atoms with Gasteiger partial charge in [-0.25, -0.2) is 0 Å². The van der Waals surface area contributed by atoms with Gasteiger partial charge in [0, 0.05) is 16.3 Å². The molecule has 0 atom stereocenters. The maximum absolute atomic E-state index is 4.28. The van der Waals surface area contributed by atoms with Gasteiger partial charge in [-0.2, -0.15) is 0 Å². The molecular formula is C27H37N. The molecule has 0 bridgehead atoms. The third kappa shape index (κ3) is 3.52. The average molecular weight is 376 g/mol. The lowest BCUT2D eigenvalue weighted by molar-refractivity contribution is 0.572. The molecule has 1 heterocycles. The SMILES string of the molecule is C=C(C)c1cc(C(C)(C)C)cc2c1[nH]c1c(C(C)(C)C)cc(C(C)(C)C)cc12. The highest BCUT2D eigenvalue weighted by molar-refractivity contribution is 6.12. The molecule has 1 aromatic heterocycles. The Hall–Kier alpha value is -2.02. The van der Waals surface area contributed by atoms with Crippen LogP contribution < -0.4 is 0 Å². The van der Waals surface area contributed by atoms with Gasteiger partial charge in [-0.3, -0.25) is 0 Å². The van der Waals surface area contributed by atoms with E-state index in [2.05, 4.69) is 105 Å². The summed E-state index contributed by atoms with van der Waals surface area (Å²) in [5.41, 5.74) is 9.23. The van der Waals surface area contributed by atoms with Crippen LogP contribution in [0.2, 0.25) is 0 Å². The van der Waals surface area contributed by atoms with Crippen LogP contribution in [0, 0.1) is 0 Å². The second kappa shape index (κ2) is 6.24. The minimum Gasteiger partial charge on any atom is -0.354 e. The number of hydrogen-bond donors (Lipinski definition) is 1. The lowest BCUT2D eigenvalue weighted by Gasteiger charge is -2.26. The summed E-state index contributed by atoms with van der Waals surface area (Å²) in [6.07, 6.45) is 0. The Morgan fingerprint density at radius 2 is 1.14 bits per heavy atom. The van der Waals surface area contributed by atoms with E-state index in [9.17, 15) is 0 Å². The van der Waals surface area contributed by atoms with E-state index in [1.165, 1.54) is 44.1 Å². The van der Waals surface area contributed by atoms with E-state index in [0.717, 1.165) is 5.57 Å². The van der Waals surface area contributed by atoms with Gasteiger partial charge in [-0.1, -0.05) is 75.0 Å². The summed E-state index contributed by atoms with van der Waals surface area (Å²) in [4.78, 5) is 3.80.